The molecule has 0 atom stereocenters. The van der Waals surface area contributed by atoms with E-state index in [4.69, 9.17) is 0 Å². The Morgan fingerprint density at radius 3 is 0.839 bits per heavy atom. The standard InChI is InChI=1S/2C17H15O.C17H14O.2Pd/c3*18-17(13-11-15-7-3-1-4-8-15)14-12-16-9-5-2-6-10-16;;/h2*1-14,18H;1-14H;;/b2*13-11+,17-14-;;;. The molecule has 5 heteroatoms. The van der Waals surface area contributed by atoms with E-state index in [1.807, 2.05) is 220 Å². The Balaban J connectivity index is 0.000000285. The molecule has 286 valence electrons. The van der Waals surface area contributed by atoms with Gasteiger partial charge < -0.3 is 10.2 Å². The van der Waals surface area contributed by atoms with E-state index in [1.54, 1.807) is 37.1 Å². The van der Waals surface area contributed by atoms with Crippen LogP contribution in [0.3, 0.4) is 0 Å². The number of hydrogen-bond donors (Lipinski definition) is 2. The van der Waals surface area contributed by atoms with E-state index in [1.165, 1.54) is 0 Å². The Morgan fingerprint density at radius 1 is 0.339 bits per heavy atom. The first-order chi connectivity index (χ1) is 26.5. The van der Waals surface area contributed by atoms with Crippen molar-refractivity contribution in [3.05, 3.63) is 290 Å². The van der Waals surface area contributed by atoms with Crippen LogP contribution in [0.1, 0.15) is 33.4 Å². The molecule has 3 nitrogen and oxygen atoms in total. The molecule has 56 heavy (non-hydrogen) atoms. The van der Waals surface area contributed by atoms with Gasteiger partial charge in [-0.25, -0.2) is 0 Å². The molecule has 6 radical (unpaired) electrons. The van der Waals surface area contributed by atoms with Crippen LogP contribution >= 0.6 is 0 Å². The van der Waals surface area contributed by atoms with Crippen LogP contribution in [0.2, 0.25) is 0 Å². The van der Waals surface area contributed by atoms with E-state index in [-0.39, 0.29) is 58.1 Å². The second-order valence-electron chi connectivity index (χ2n) is 11.7. The molecule has 0 spiro atoms. The van der Waals surface area contributed by atoms with Crippen molar-refractivity contribution in [3.63, 3.8) is 0 Å². The summed E-state index contributed by atoms with van der Waals surface area (Å²) in [5, 5.41) is 19.4. The first-order valence-electron chi connectivity index (χ1n) is 17.6. The summed E-state index contributed by atoms with van der Waals surface area (Å²) in [5.74, 6) is 0.466. The van der Waals surface area contributed by atoms with Crippen LogP contribution in [0, 0.1) is 38.5 Å². The zero-order chi connectivity index (χ0) is 37.9. The van der Waals surface area contributed by atoms with E-state index in [2.05, 4.69) is 0 Å². The first kappa shape index (κ1) is 47.0. The Bertz CT molecular complexity index is 1860. The predicted molar refractivity (Wildman–Crippen MR) is 225 cm³/mol. The number of carbonyl (C=O) groups excluding carboxylic acids is 1. The fourth-order valence-corrected chi connectivity index (χ4v) is 4.63. The molecule has 0 bridgehead atoms. The fourth-order valence-electron chi connectivity index (χ4n) is 4.63. The zero-order valence-corrected chi connectivity index (χ0v) is 33.8. The van der Waals surface area contributed by atoms with Gasteiger partial charge in [-0.15, -0.1) is 0 Å². The van der Waals surface area contributed by atoms with Crippen molar-refractivity contribution in [1.29, 1.82) is 0 Å². The van der Waals surface area contributed by atoms with Crippen molar-refractivity contribution in [2.45, 2.75) is 0 Å². The van der Waals surface area contributed by atoms with Crippen molar-refractivity contribution in [1.82, 2.24) is 0 Å². The van der Waals surface area contributed by atoms with Crippen molar-refractivity contribution < 1.29 is 55.9 Å². The molecule has 0 aliphatic rings. The van der Waals surface area contributed by atoms with Crippen LogP contribution in [0.4, 0.5) is 0 Å². The van der Waals surface area contributed by atoms with Gasteiger partial charge in [0.1, 0.15) is 17.3 Å². The van der Waals surface area contributed by atoms with Gasteiger partial charge in [0.2, 0.25) is 0 Å². The Labute approximate surface area is 361 Å². The van der Waals surface area contributed by atoms with Gasteiger partial charge >= 0.3 is 0 Å². The van der Waals surface area contributed by atoms with E-state index in [0.29, 0.717) is 0 Å². The summed E-state index contributed by atoms with van der Waals surface area (Å²) >= 11 is 0. The molecule has 0 amide bonds. The topological polar surface area (TPSA) is 57.5 Å². The third-order valence-corrected chi connectivity index (χ3v) is 7.46. The predicted octanol–water partition coefficient (Wildman–Crippen LogP) is 12.3. The minimum absolute atomic E-state index is 0. The summed E-state index contributed by atoms with van der Waals surface area (Å²) in [6.45, 7) is 0. The second-order valence-corrected chi connectivity index (χ2v) is 11.7. The number of rotatable bonds is 14. The quantitative estimate of drug-likeness (QED) is 0.0650. The molecular weight excluding hydrogens is 873 g/mol. The van der Waals surface area contributed by atoms with Crippen LogP contribution < -0.4 is 0 Å². The van der Waals surface area contributed by atoms with Gasteiger partial charge in [-0.05, 0) is 57.7 Å². The van der Waals surface area contributed by atoms with Crippen molar-refractivity contribution in [3.8, 4) is 0 Å². The molecule has 6 aromatic carbocycles. The minimum atomic E-state index is -0.0114. The van der Waals surface area contributed by atoms with Crippen molar-refractivity contribution in [2.75, 3.05) is 0 Å². The van der Waals surface area contributed by atoms with Gasteiger partial charge in [0.05, 0.1) is 0 Å². The number of carbonyl (C=O) groups is 1. The molecule has 6 rings (SSSR count). The van der Waals surface area contributed by atoms with Crippen molar-refractivity contribution in [2.24, 2.45) is 0 Å². The number of ketones is 1. The number of allylic oxidation sites excluding steroid dienone is 4. The molecule has 0 unspecified atom stereocenters. The Morgan fingerprint density at radius 2 is 0.571 bits per heavy atom. The van der Waals surface area contributed by atoms with E-state index < -0.39 is 0 Å². The molecule has 0 saturated carbocycles. The third kappa shape index (κ3) is 21.1. The number of aliphatic hydroxyl groups excluding tert-OH is 2. The molecular formula is C51H44O3Pd2. The zero-order valence-electron chi connectivity index (χ0n) is 30.7. The molecule has 0 aliphatic heterocycles. The van der Waals surface area contributed by atoms with Gasteiger partial charge in [-0.1, -0.05) is 194 Å². The number of aliphatic hydroxyl groups is 2. The molecule has 0 saturated heterocycles. The summed E-state index contributed by atoms with van der Waals surface area (Å²) in [4.78, 5) is 11.6. The van der Waals surface area contributed by atoms with Crippen LogP contribution in [0.25, 0.3) is 12.2 Å². The average molecular weight is 918 g/mol. The van der Waals surface area contributed by atoms with E-state index in [9.17, 15) is 15.0 Å². The molecule has 0 aromatic heterocycles. The summed E-state index contributed by atoms with van der Waals surface area (Å²) in [6, 6.07) is 59.1. The fraction of sp³-hybridized carbons (Fsp3) is 0. The average Bonchev–Trinajstić information content (AvgIpc) is 3.24. The van der Waals surface area contributed by atoms with Gasteiger partial charge in [0.25, 0.3) is 0 Å². The van der Waals surface area contributed by atoms with Gasteiger partial charge in [0, 0.05) is 79.4 Å². The smallest absolute Gasteiger partial charge is 0.141 e. The summed E-state index contributed by atoms with van der Waals surface area (Å²) in [7, 11) is 0. The first-order valence-corrected chi connectivity index (χ1v) is 17.6. The monoisotopic (exact) mass is 916 g/mol. The molecule has 2 N–H and O–H groups in total. The number of Topliss-reactive ketones (excluding diaryl/α,β-unsaturated/α-hetero) is 1. The van der Waals surface area contributed by atoms with Crippen LogP contribution in [0.15, 0.2) is 218 Å². The second kappa shape index (κ2) is 29.2. The van der Waals surface area contributed by atoms with E-state index >= 15 is 0 Å². The maximum atomic E-state index is 11.6. The van der Waals surface area contributed by atoms with Gasteiger partial charge in [-0.2, -0.15) is 0 Å². The maximum Gasteiger partial charge on any atom is 0.141 e. The van der Waals surface area contributed by atoms with Crippen LogP contribution in [0.5, 0.6) is 0 Å². The van der Waals surface area contributed by atoms with Crippen molar-refractivity contribution >= 4 is 17.9 Å². The summed E-state index contributed by atoms with van der Waals surface area (Å²) < 4.78 is 0. The maximum absolute atomic E-state index is 11.6. The largest absolute Gasteiger partial charge is 0.508 e. The molecule has 0 fully saturated rings. The van der Waals surface area contributed by atoms with Gasteiger partial charge in [-0.3, -0.25) is 4.79 Å². The Hall–Kier alpha value is -5.13. The Kier molecular flexibility index (Phi) is 24.5. The van der Waals surface area contributed by atoms with Crippen LogP contribution in [-0.2, 0) is 45.6 Å². The van der Waals surface area contributed by atoms with Gasteiger partial charge in [0.15, 0.2) is 0 Å². The summed E-state index contributed by atoms with van der Waals surface area (Å²) in [6.07, 6.45) is 21.1. The minimum Gasteiger partial charge on any atom is -0.508 e. The number of hydrogen-bond acceptors (Lipinski definition) is 3. The molecule has 0 heterocycles. The third-order valence-electron chi connectivity index (χ3n) is 7.46. The normalized spacial score (nSPS) is 10.9. The number of benzene rings is 6. The van der Waals surface area contributed by atoms with Crippen LogP contribution in [-0.4, -0.2) is 16.0 Å². The van der Waals surface area contributed by atoms with E-state index in [0.717, 1.165) is 33.4 Å². The SMILES string of the molecule is O=C([CH][CH]c1ccccc1)[CH][CH]c1ccccc1.OC(=C\[CH]c1ccccc1)/C=C/c1ccccc1.OC(=C\[CH]c1ccccc1)/C=C/c1ccccc1.[Pd].[Pd]. The molecule has 6 aromatic rings. The summed E-state index contributed by atoms with van der Waals surface area (Å²) in [5.41, 5.74) is 6.32. The molecule has 0 aliphatic carbocycles.